The van der Waals surface area contributed by atoms with Crippen molar-refractivity contribution in [2.75, 3.05) is 20.8 Å². The molecular weight excluding hydrogens is 238 g/mol. The van der Waals surface area contributed by atoms with Gasteiger partial charge in [-0.3, -0.25) is 0 Å². The van der Waals surface area contributed by atoms with Crippen LogP contribution < -0.4 is 10.1 Å². The van der Waals surface area contributed by atoms with Crippen LogP contribution in [0.3, 0.4) is 0 Å². The number of hydrogen-bond acceptors (Lipinski definition) is 3. The summed E-state index contributed by atoms with van der Waals surface area (Å²) in [5, 5.41) is 3.25. The molecular formula is C16H27NO2. The van der Waals surface area contributed by atoms with Gasteiger partial charge in [0, 0.05) is 25.1 Å². The van der Waals surface area contributed by atoms with Crippen molar-refractivity contribution in [1.82, 2.24) is 5.32 Å². The maximum atomic E-state index is 5.96. The molecule has 3 nitrogen and oxygen atoms in total. The molecule has 108 valence electrons. The highest BCUT2D eigenvalue weighted by Crippen LogP contribution is 2.27. The third kappa shape index (κ3) is 4.84. The Labute approximate surface area is 117 Å². The molecule has 0 amide bonds. The van der Waals surface area contributed by atoms with E-state index in [4.69, 9.17) is 9.47 Å². The molecule has 1 aromatic carbocycles. The molecule has 3 heteroatoms. The van der Waals surface area contributed by atoms with Crippen molar-refractivity contribution in [3.63, 3.8) is 0 Å². The van der Waals surface area contributed by atoms with Crippen molar-refractivity contribution in [2.45, 2.75) is 45.8 Å². The first-order valence-electron chi connectivity index (χ1n) is 6.85. The summed E-state index contributed by atoms with van der Waals surface area (Å²) in [4.78, 5) is 0. The van der Waals surface area contributed by atoms with Crippen LogP contribution in [0.25, 0.3) is 0 Å². The Morgan fingerprint density at radius 3 is 2.58 bits per heavy atom. The van der Waals surface area contributed by atoms with Crippen molar-refractivity contribution in [3.05, 3.63) is 29.3 Å². The maximum absolute atomic E-state index is 5.96. The van der Waals surface area contributed by atoms with E-state index in [0.717, 1.165) is 12.2 Å². The molecule has 0 aliphatic carbocycles. The first kappa shape index (κ1) is 16.0. The minimum atomic E-state index is -0.140. The van der Waals surface area contributed by atoms with Crippen LogP contribution in [-0.4, -0.2) is 26.4 Å². The molecule has 19 heavy (non-hydrogen) atoms. The van der Waals surface area contributed by atoms with E-state index in [9.17, 15) is 0 Å². The third-order valence-corrected chi connectivity index (χ3v) is 3.58. The summed E-state index contributed by atoms with van der Waals surface area (Å²) in [5.74, 6) is 0.966. The van der Waals surface area contributed by atoms with Crippen molar-refractivity contribution in [2.24, 2.45) is 0 Å². The monoisotopic (exact) mass is 265 g/mol. The van der Waals surface area contributed by atoms with E-state index in [1.165, 1.54) is 11.1 Å². The van der Waals surface area contributed by atoms with Crippen molar-refractivity contribution in [1.29, 1.82) is 0 Å². The van der Waals surface area contributed by atoms with Gasteiger partial charge in [0.2, 0.25) is 0 Å². The summed E-state index contributed by atoms with van der Waals surface area (Å²) in [6, 6.07) is 6.64. The summed E-state index contributed by atoms with van der Waals surface area (Å²) >= 11 is 0. The van der Waals surface area contributed by atoms with Gasteiger partial charge >= 0.3 is 0 Å². The Bertz CT molecular complexity index is 402. The molecule has 0 bridgehead atoms. The molecule has 1 atom stereocenters. The molecule has 1 N–H and O–H groups in total. The molecule has 1 aromatic rings. The maximum Gasteiger partial charge on any atom is 0.124 e. The average molecular weight is 265 g/mol. The molecule has 1 rings (SSSR count). The van der Waals surface area contributed by atoms with Gasteiger partial charge in [-0.15, -0.1) is 0 Å². The molecule has 0 radical (unpaired) electrons. The van der Waals surface area contributed by atoms with Gasteiger partial charge in [-0.2, -0.15) is 0 Å². The van der Waals surface area contributed by atoms with E-state index < -0.39 is 0 Å². The second-order valence-corrected chi connectivity index (χ2v) is 5.61. The predicted octanol–water partition coefficient (Wildman–Crippen LogP) is 3.47. The van der Waals surface area contributed by atoms with Crippen molar-refractivity contribution < 1.29 is 9.47 Å². The van der Waals surface area contributed by atoms with Gasteiger partial charge in [-0.1, -0.05) is 12.1 Å². The van der Waals surface area contributed by atoms with Crippen LogP contribution in [-0.2, 0) is 4.74 Å². The lowest BCUT2D eigenvalue weighted by Gasteiger charge is -2.23. The van der Waals surface area contributed by atoms with Crippen molar-refractivity contribution >= 4 is 0 Å². The van der Waals surface area contributed by atoms with E-state index >= 15 is 0 Å². The van der Waals surface area contributed by atoms with Crippen LogP contribution in [0.4, 0.5) is 0 Å². The average Bonchev–Trinajstić information content (AvgIpc) is 2.38. The topological polar surface area (TPSA) is 30.5 Å². The van der Waals surface area contributed by atoms with Gasteiger partial charge in [0.1, 0.15) is 5.75 Å². The summed E-state index contributed by atoms with van der Waals surface area (Å²) in [7, 11) is 3.70. The van der Waals surface area contributed by atoms with Gasteiger partial charge < -0.3 is 14.8 Å². The largest absolute Gasteiger partial charge is 0.493 e. The second kappa shape index (κ2) is 6.92. The number of benzene rings is 1. The standard InChI is InChI=1S/C16H27NO2/c1-12-7-8-14(13(2)17-5)15(11-12)19-10-9-16(3,4)18-6/h7-8,11,13,17H,9-10H2,1-6H3. The van der Waals surface area contributed by atoms with Crippen molar-refractivity contribution in [3.8, 4) is 5.75 Å². The highest BCUT2D eigenvalue weighted by atomic mass is 16.5. The van der Waals surface area contributed by atoms with E-state index in [2.05, 4.69) is 51.2 Å². The Balaban J connectivity index is 2.74. The van der Waals surface area contributed by atoms with Gasteiger partial charge in [-0.25, -0.2) is 0 Å². The molecule has 0 aromatic heterocycles. The lowest BCUT2D eigenvalue weighted by molar-refractivity contribution is 0.00535. The Morgan fingerprint density at radius 2 is 2.00 bits per heavy atom. The molecule has 0 aliphatic heterocycles. The zero-order valence-corrected chi connectivity index (χ0v) is 13.0. The lowest BCUT2D eigenvalue weighted by atomic mass is 10.0. The van der Waals surface area contributed by atoms with E-state index in [0.29, 0.717) is 6.61 Å². The zero-order valence-electron chi connectivity index (χ0n) is 13.0. The molecule has 0 aliphatic rings. The highest BCUT2D eigenvalue weighted by molar-refractivity contribution is 5.39. The molecule has 0 heterocycles. The van der Waals surface area contributed by atoms with Crippen LogP contribution in [0.2, 0.25) is 0 Å². The van der Waals surface area contributed by atoms with Crippen LogP contribution in [0, 0.1) is 6.92 Å². The van der Waals surface area contributed by atoms with Gasteiger partial charge in [0.05, 0.1) is 12.2 Å². The van der Waals surface area contributed by atoms with Crippen LogP contribution in [0.5, 0.6) is 5.75 Å². The van der Waals surface area contributed by atoms with Gasteiger partial charge in [0.15, 0.2) is 0 Å². The van der Waals surface area contributed by atoms with E-state index in [-0.39, 0.29) is 11.6 Å². The van der Waals surface area contributed by atoms with Crippen LogP contribution in [0.15, 0.2) is 18.2 Å². The first-order chi connectivity index (χ1) is 8.89. The van der Waals surface area contributed by atoms with Gasteiger partial charge in [-0.05, 0) is 46.4 Å². The van der Waals surface area contributed by atoms with Crippen LogP contribution in [0.1, 0.15) is 44.4 Å². The fourth-order valence-electron chi connectivity index (χ4n) is 1.79. The number of aryl methyl sites for hydroxylation is 1. The number of ether oxygens (including phenoxy) is 2. The summed E-state index contributed by atoms with van der Waals surface area (Å²) in [5.41, 5.74) is 2.27. The normalized spacial score (nSPS) is 13.4. The zero-order chi connectivity index (χ0) is 14.5. The number of rotatable bonds is 7. The second-order valence-electron chi connectivity index (χ2n) is 5.61. The third-order valence-electron chi connectivity index (χ3n) is 3.58. The smallest absolute Gasteiger partial charge is 0.124 e. The molecule has 1 unspecified atom stereocenters. The molecule has 0 saturated carbocycles. The minimum Gasteiger partial charge on any atom is -0.493 e. The number of methoxy groups -OCH3 is 1. The Kier molecular flexibility index (Phi) is 5.83. The molecule has 0 fully saturated rings. The summed E-state index contributed by atoms with van der Waals surface area (Å²) in [6.07, 6.45) is 0.866. The Morgan fingerprint density at radius 1 is 1.32 bits per heavy atom. The fraction of sp³-hybridized carbons (Fsp3) is 0.625. The quantitative estimate of drug-likeness (QED) is 0.819. The molecule has 0 saturated heterocycles. The van der Waals surface area contributed by atoms with Gasteiger partial charge in [0.25, 0.3) is 0 Å². The highest BCUT2D eigenvalue weighted by Gasteiger charge is 2.17. The van der Waals surface area contributed by atoms with Crippen LogP contribution >= 0.6 is 0 Å². The summed E-state index contributed by atoms with van der Waals surface area (Å²) < 4.78 is 11.4. The van der Waals surface area contributed by atoms with E-state index in [1.54, 1.807) is 7.11 Å². The Hall–Kier alpha value is -1.06. The summed E-state index contributed by atoms with van der Waals surface area (Å²) in [6.45, 7) is 9.03. The number of hydrogen-bond donors (Lipinski definition) is 1. The predicted molar refractivity (Wildman–Crippen MR) is 79.9 cm³/mol. The number of nitrogens with one attached hydrogen (secondary N) is 1. The first-order valence-corrected chi connectivity index (χ1v) is 6.85. The SMILES string of the molecule is CNC(C)c1ccc(C)cc1OCCC(C)(C)OC. The minimum absolute atomic E-state index is 0.140. The lowest BCUT2D eigenvalue weighted by Crippen LogP contribution is -2.25. The molecule has 0 spiro atoms. The van der Waals surface area contributed by atoms with E-state index in [1.807, 2.05) is 7.05 Å². The fourth-order valence-corrected chi connectivity index (χ4v) is 1.79.